The van der Waals surface area contributed by atoms with Crippen molar-refractivity contribution in [1.82, 2.24) is 19.5 Å². The van der Waals surface area contributed by atoms with Gasteiger partial charge in [-0.05, 0) is 0 Å². The fourth-order valence-electron chi connectivity index (χ4n) is 2.31. The minimum atomic E-state index is -4.47. The van der Waals surface area contributed by atoms with Crippen molar-refractivity contribution in [2.75, 3.05) is 12.3 Å². The predicted octanol–water partition coefficient (Wildman–Crippen LogP) is -2.45. The molecule has 132 valence electrons. The molecule has 0 spiro atoms. The first-order chi connectivity index (χ1) is 11.1. The monoisotopic (exact) mass is 364 g/mol. The summed E-state index contributed by atoms with van der Waals surface area (Å²) in [7, 11) is -4.47. The Kier molecular flexibility index (Phi) is 3.89. The van der Waals surface area contributed by atoms with Crippen LogP contribution in [0, 0.1) is 0 Å². The molecule has 2 aromatic heterocycles. The van der Waals surface area contributed by atoms with Gasteiger partial charge in [0, 0.05) is 0 Å². The van der Waals surface area contributed by atoms with Crippen molar-refractivity contribution >= 4 is 27.3 Å². The average molecular weight is 364 g/mol. The molecule has 0 saturated carbocycles. The van der Waals surface area contributed by atoms with Gasteiger partial charge in [0.2, 0.25) is 0 Å². The number of ether oxygens (including phenoxy) is 1. The molecule has 3 rings (SSSR count). The highest BCUT2D eigenvalue weighted by Crippen LogP contribution is 2.39. The number of aliphatic hydroxyl groups excluding tert-OH is 2. The van der Waals surface area contributed by atoms with Crippen molar-refractivity contribution in [2.24, 2.45) is 5.14 Å². The van der Waals surface area contributed by atoms with E-state index < -0.39 is 41.2 Å². The maximum absolute atomic E-state index is 14.6. The Labute approximate surface area is 134 Å². The fourth-order valence-corrected chi connectivity index (χ4v) is 2.64. The first-order valence-electron chi connectivity index (χ1n) is 6.45. The molecule has 1 saturated heterocycles. The van der Waals surface area contributed by atoms with Gasteiger partial charge in [-0.15, -0.1) is 0 Å². The van der Waals surface area contributed by atoms with Crippen LogP contribution in [0.1, 0.15) is 6.23 Å². The number of imidazole rings is 1. The minimum Gasteiger partial charge on any atom is -0.385 e. The largest absolute Gasteiger partial charge is 0.385 e. The predicted molar refractivity (Wildman–Crippen MR) is 74.8 cm³/mol. The van der Waals surface area contributed by atoms with E-state index >= 15 is 0 Å². The molecular weight excluding hydrogens is 351 g/mol. The smallest absolute Gasteiger partial charge is 0.333 e. The SMILES string of the molecule is Nc1ncnc2c1ncn2C1O[C@](F)(COS(N)(=O)=O)C(O)C1O. The highest BCUT2D eigenvalue weighted by molar-refractivity contribution is 7.84. The van der Waals surface area contributed by atoms with E-state index in [0.717, 1.165) is 17.2 Å². The number of halogens is 1. The Bertz CT molecular complexity index is 876. The van der Waals surface area contributed by atoms with Gasteiger partial charge >= 0.3 is 10.3 Å². The summed E-state index contributed by atoms with van der Waals surface area (Å²) >= 11 is 0. The van der Waals surface area contributed by atoms with Gasteiger partial charge in [0.15, 0.2) is 17.7 Å². The van der Waals surface area contributed by atoms with Crippen molar-refractivity contribution in [2.45, 2.75) is 24.3 Å². The van der Waals surface area contributed by atoms with Crippen LogP contribution in [0.25, 0.3) is 11.2 Å². The summed E-state index contributed by atoms with van der Waals surface area (Å²) in [5, 5.41) is 24.5. The Hall–Kier alpha value is -1.97. The minimum absolute atomic E-state index is 0.0517. The normalized spacial score (nSPS) is 30.9. The van der Waals surface area contributed by atoms with E-state index in [1.807, 2.05) is 0 Å². The van der Waals surface area contributed by atoms with Crippen LogP contribution < -0.4 is 10.9 Å². The lowest BCUT2D eigenvalue weighted by molar-refractivity contribution is -0.201. The molecule has 4 atom stereocenters. The van der Waals surface area contributed by atoms with Crippen LogP contribution in [0.2, 0.25) is 0 Å². The second kappa shape index (κ2) is 5.54. The van der Waals surface area contributed by atoms with Crippen molar-refractivity contribution < 1.29 is 31.9 Å². The van der Waals surface area contributed by atoms with Crippen LogP contribution in [0.4, 0.5) is 10.2 Å². The summed E-state index contributed by atoms with van der Waals surface area (Å²) in [4.78, 5) is 11.6. The number of alkyl halides is 1. The zero-order chi connectivity index (χ0) is 17.7. The van der Waals surface area contributed by atoms with Crippen LogP contribution in [-0.4, -0.2) is 62.8 Å². The molecule has 3 heterocycles. The first-order valence-corrected chi connectivity index (χ1v) is 7.92. The fraction of sp³-hybridized carbons (Fsp3) is 0.500. The zero-order valence-corrected chi connectivity index (χ0v) is 12.7. The first kappa shape index (κ1) is 16.9. The van der Waals surface area contributed by atoms with Crippen LogP contribution in [0.5, 0.6) is 0 Å². The number of aliphatic hydroxyl groups is 2. The summed E-state index contributed by atoms with van der Waals surface area (Å²) in [6.07, 6.45) is -3.06. The molecular formula is C10H13FN6O6S. The third-order valence-electron chi connectivity index (χ3n) is 3.46. The summed E-state index contributed by atoms with van der Waals surface area (Å²) in [5.41, 5.74) is 5.93. The molecule has 6 N–H and O–H groups in total. The number of nitrogens with zero attached hydrogens (tertiary/aromatic N) is 4. The van der Waals surface area contributed by atoms with E-state index in [9.17, 15) is 23.0 Å². The maximum Gasteiger partial charge on any atom is 0.333 e. The molecule has 3 unspecified atom stereocenters. The maximum atomic E-state index is 14.6. The van der Waals surface area contributed by atoms with E-state index in [-0.39, 0.29) is 17.0 Å². The molecule has 0 aliphatic carbocycles. The van der Waals surface area contributed by atoms with Crippen molar-refractivity contribution in [3.63, 3.8) is 0 Å². The standard InChI is InChI=1S/C10H13FN6O6S/c11-10(1-22-24(13,20)21)6(19)5(18)9(23-10)17-3-16-4-7(12)14-2-15-8(4)17/h2-3,5-6,9,18-19H,1H2,(H2,12,14,15)(H2,13,20,21)/t5?,6?,9?,10-/m1/s1. The Balaban J connectivity index is 1.93. The van der Waals surface area contributed by atoms with Gasteiger partial charge in [0.25, 0.3) is 5.85 Å². The van der Waals surface area contributed by atoms with Crippen LogP contribution in [0.3, 0.4) is 0 Å². The van der Waals surface area contributed by atoms with Gasteiger partial charge in [-0.3, -0.25) is 8.75 Å². The third-order valence-corrected chi connectivity index (χ3v) is 3.90. The molecule has 0 aromatic carbocycles. The van der Waals surface area contributed by atoms with Crippen molar-refractivity contribution in [3.05, 3.63) is 12.7 Å². The van der Waals surface area contributed by atoms with E-state index in [1.165, 1.54) is 0 Å². The van der Waals surface area contributed by atoms with Crippen LogP contribution in [-0.2, 0) is 19.2 Å². The van der Waals surface area contributed by atoms with Gasteiger partial charge in [-0.1, -0.05) is 0 Å². The summed E-state index contributed by atoms with van der Waals surface area (Å²) in [6, 6.07) is 0. The topological polar surface area (TPSA) is 189 Å². The Morgan fingerprint density at radius 3 is 2.79 bits per heavy atom. The van der Waals surface area contributed by atoms with Crippen molar-refractivity contribution in [3.8, 4) is 0 Å². The Morgan fingerprint density at radius 1 is 1.42 bits per heavy atom. The number of anilines is 1. The number of rotatable bonds is 4. The molecule has 0 radical (unpaired) electrons. The number of hydrogen-bond donors (Lipinski definition) is 4. The molecule has 1 aliphatic rings. The summed E-state index contributed by atoms with van der Waals surface area (Å²) < 4.78 is 46.4. The van der Waals surface area contributed by atoms with Gasteiger partial charge in [-0.25, -0.2) is 24.5 Å². The van der Waals surface area contributed by atoms with E-state index in [1.54, 1.807) is 0 Å². The van der Waals surface area contributed by atoms with Crippen LogP contribution >= 0.6 is 0 Å². The van der Waals surface area contributed by atoms with Gasteiger partial charge < -0.3 is 20.7 Å². The molecule has 12 nitrogen and oxygen atoms in total. The van der Waals surface area contributed by atoms with Gasteiger partial charge in [-0.2, -0.15) is 8.42 Å². The molecule has 2 aromatic rings. The third kappa shape index (κ3) is 2.79. The number of fused-ring (bicyclic) bond motifs is 1. The molecule has 1 fully saturated rings. The highest BCUT2D eigenvalue weighted by Gasteiger charge is 2.57. The van der Waals surface area contributed by atoms with Gasteiger partial charge in [0.05, 0.1) is 6.33 Å². The lowest BCUT2D eigenvalue weighted by Gasteiger charge is -2.21. The number of nitrogen functional groups attached to an aromatic ring is 1. The molecule has 0 amide bonds. The number of aromatic nitrogens is 4. The summed E-state index contributed by atoms with van der Waals surface area (Å²) in [6.45, 7) is -1.25. The van der Waals surface area contributed by atoms with E-state index in [4.69, 9.17) is 10.5 Å². The van der Waals surface area contributed by atoms with E-state index in [2.05, 4.69) is 24.3 Å². The molecule has 1 aliphatic heterocycles. The van der Waals surface area contributed by atoms with Crippen LogP contribution in [0.15, 0.2) is 12.7 Å². The second-order valence-electron chi connectivity index (χ2n) is 5.07. The summed E-state index contributed by atoms with van der Waals surface area (Å²) in [5.74, 6) is -2.97. The second-order valence-corrected chi connectivity index (χ2v) is 6.29. The molecule has 0 bridgehead atoms. The Morgan fingerprint density at radius 2 is 2.12 bits per heavy atom. The lowest BCUT2D eigenvalue weighted by atomic mass is 10.1. The molecule has 14 heteroatoms. The zero-order valence-electron chi connectivity index (χ0n) is 11.9. The lowest BCUT2D eigenvalue weighted by Crippen LogP contribution is -2.44. The number of nitrogens with two attached hydrogens (primary N) is 2. The van der Waals surface area contributed by atoms with E-state index in [0.29, 0.717) is 0 Å². The average Bonchev–Trinajstić information content (AvgIpc) is 3.02. The highest BCUT2D eigenvalue weighted by atomic mass is 32.2. The van der Waals surface area contributed by atoms with Gasteiger partial charge in [0.1, 0.15) is 30.7 Å². The quantitative estimate of drug-likeness (QED) is 0.453. The van der Waals surface area contributed by atoms with Crippen molar-refractivity contribution in [1.29, 1.82) is 0 Å². The number of hydrogen-bond acceptors (Lipinski definition) is 10. The molecule has 24 heavy (non-hydrogen) atoms.